The van der Waals surface area contributed by atoms with Gasteiger partial charge in [0, 0.05) is 11.6 Å². The van der Waals surface area contributed by atoms with E-state index in [1.165, 1.54) is 0 Å². The summed E-state index contributed by atoms with van der Waals surface area (Å²) in [4.78, 5) is 11.0. The molecule has 0 amide bonds. The minimum Gasteiger partial charge on any atom is -0.476 e. The van der Waals surface area contributed by atoms with E-state index < -0.39 is 5.97 Å². The van der Waals surface area contributed by atoms with Crippen LogP contribution in [0.3, 0.4) is 0 Å². The molecule has 0 atom stereocenters. The fraction of sp³-hybridized carbons (Fsp3) is 0.231. The average Bonchev–Trinajstić information content (AvgIpc) is 3.09. The van der Waals surface area contributed by atoms with Gasteiger partial charge in [0.2, 0.25) is 0 Å². The van der Waals surface area contributed by atoms with Crippen LogP contribution in [0.2, 0.25) is 0 Å². The molecule has 1 aliphatic rings. The number of carboxylic acids is 1. The third-order valence-corrected chi connectivity index (χ3v) is 2.95. The van der Waals surface area contributed by atoms with Crippen LogP contribution < -0.4 is 0 Å². The molecule has 1 heterocycles. The predicted octanol–water partition coefficient (Wildman–Crippen LogP) is 2.45. The lowest BCUT2D eigenvalue weighted by atomic mass is 10.2. The summed E-state index contributed by atoms with van der Waals surface area (Å²) in [6, 6.07) is 11.3. The highest BCUT2D eigenvalue weighted by atomic mass is 16.4. The Morgan fingerprint density at radius 3 is 2.59 bits per heavy atom. The van der Waals surface area contributed by atoms with Crippen molar-refractivity contribution in [1.82, 2.24) is 9.78 Å². The van der Waals surface area contributed by atoms with E-state index in [0.717, 1.165) is 24.2 Å². The topological polar surface area (TPSA) is 55.1 Å². The molecule has 17 heavy (non-hydrogen) atoms. The number of benzene rings is 1. The molecule has 1 aromatic carbocycles. The van der Waals surface area contributed by atoms with E-state index in [9.17, 15) is 4.79 Å². The van der Waals surface area contributed by atoms with E-state index in [0.29, 0.717) is 5.92 Å². The van der Waals surface area contributed by atoms with E-state index in [4.69, 9.17) is 5.11 Å². The molecule has 2 aromatic rings. The van der Waals surface area contributed by atoms with Gasteiger partial charge in [0.15, 0.2) is 5.69 Å². The van der Waals surface area contributed by atoms with Crippen molar-refractivity contribution in [1.29, 1.82) is 0 Å². The van der Waals surface area contributed by atoms with Gasteiger partial charge < -0.3 is 5.11 Å². The van der Waals surface area contributed by atoms with Crippen molar-refractivity contribution in [2.45, 2.75) is 18.8 Å². The van der Waals surface area contributed by atoms with Gasteiger partial charge in [-0.1, -0.05) is 18.2 Å². The molecular weight excluding hydrogens is 216 g/mol. The van der Waals surface area contributed by atoms with E-state index in [-0.39, 0.29) is 5.69 Å². The number of carboxylic acid groups (broad SMARTS) is 1. The Balaban J connectivity index is 2.11. The molecule has 3 rings (SSSR count). The Hall–Kier alpha value is -2.10. The van der Waals surface area contributed by atoms with Gasteiger partial charge in [0.25, 0.3) is 0 Å². The maximum Gasteiger partial charge on any atom is 0.356 e. The molecule has 4 nitrogen and oxygen atoms in total. The van der Waals surface area contributed by atoms with Crippen molar-refractivity contribution >= 4 is 5.97 Å². The Labute approximate surface area is 98.5 Å². The number of hydrogen-bond acceptors (Lipinski definition) is 2. The first-order valence-electron chi connectivity index (χ1n) is 5.64. The lowest BCUT2D eigenvalue weighted by Crippen LogP contribution is -2.03. The molecule has 1 saturated carbocycles. The zero-order valence-electron chi connectivity index (χ0n) is 9.21. The predicted molar refractivity (Wildman–Crippen MR) is 62.5 cm³/mol. The molecular formula is C13H12N2O2. The van der Waals surface area contributed by atoms with E-state index in [1.807, 2.05) is 30.3 Å². The smallest absolute Gasteiger partial charge is 0.356 e. The van der Waals surface area contributed by atoms with Crippen molar-refractivity contribution < 1.29 is 9.90 Å². The standard InChI is InChI=1S/C13H12N2O2/c16-13(17)11-8-12(9-6-7-9)15(14-11)10-4-2-1-3-5-10/h1-5,8-9H,6-7H2,(H,16,17). The summed E-state index contributed by atoms with van der Waals surface area (Å²) >= 11 is 0. The van der Waals surface area contributed by atoms with Gasteiger partial charge in [-0.05, 0) is 31.0 Å². The summed E-state index contributed by atoms with van der Waals surface area (Å²) in [7, 11) is 0. The molecule has 4 heteroatoms. The highest BCUT2D eigenvalue weighted by Crippen LogP contribution is 2.41. The molecule has 1 aliphatic carbocycles. The zero-order valence-corrected chi connectivity index (χ0v) is 9.21. The first-order valence-corrected chi connectivity index (χ1v) is 5.64. The highest BCUT2D eigenvalue weighted by Gasteiger charge is 2.29. The second kappa shape index (κ2) is 3.73. The summed E-state index contributed by atoms with van der Waals surface area (Å²) in [5, 5.41) is 13.2. The Bertz CT molecular complexity index is 556. The van der Waals surface area contributed by atoms with Crippen LogP contribution in [0.1, 0.15) is 34.9 Å². The van der Waals surface area contributed by atoms with Crippen LogP contribution in [0.15, 0.2) is 36.4 Å². The molecule has 0 bridgehead atoms. The number of nitrogens with zero attached hydrogens (tertiary/aromatic N) is 2. The van der Waals surface area contributed by atoms with Crippen LogP contribution in [-0.4, -0.2) is 20.9 Å². The Kier molecular flexibility index (Phi) is 2.21. The summed E-state index contributed by atoms with van der Waals surface area (Å²) in [5.74, 6) is -0.502. The molecule has 1 fully saturated rings. The van der Waals surface area contributed by atoms with Crippen LogP contribution in [0.25, 0.3) is 5.69 Å². The maximum absolute atomic E-state index is 11.0. The van der Waals surface area contributed by atoms with Crippen molar-refractivity contribution in [3.05, 3.63) is 47.8 Å². The van der Waals surface area contributed by atoms with Crippen LogP contribution >= 0.6 is 0 Å². The van der Waals surface area contributed by atoms with Crippen LogP contribution in [0, 0.1) is 0 Å². The molecule has 86 valence electrons. The van der Waals surface area contributed by atoms with Gasteiger partial charge in [0.1, 0.15) is 0 Å². The third kappa shape index (κ3) is 1.82. The summed E-state index contributed by atoms with van der Waals surface area (Å²) in [6.45, 7) is 0. The van der Waals surface area contributed by atoms with Crippen molar-refractivity contribution in [2.75, 3.05) is 0 Å². The van der Waals surface area contributed by atoms with Crippen molar-refractivity contribution in [2.24, 2.45) is 0 Å². The van der Waals surface area contributed by atoms with Gasteiger partial charge in [-0.25, -0.2) is 9.48 Å². The fourth-order valence-electron chi connectivity index (χ4n) is 1.95. The number of aromatic carboxylic acids is 1. The first kappa shape index (κ1) is 10.1. The third-order valence-electron chi connectivity index (χ3n) is 2.95. The van der Waals surface area contributed by atoms with Crippen molar-refractivity contribution in [3.8, 4) is 5.69 Å². The quantitative estimate of drug-likeness (QED) is 0.877. The highest BCUT2D eigenvalue weighted by molar-refractivity contribution is 5.85. The number of hydrogen-bond donors (Lipinski definition) is 1. The SMILES string of the molecule is O=C(O)c1cc(C2CC2)n(-c2ccccc2)n1. The number of rotatable bonds is 3. The number of carbonyl (C=O) groups is 1. The van der Waals surface area contributed by atoms with Gasteiger partial charge in [-0.3, -0.25) is 0 Å². The average molecular weight is 228 g/mol. The van der Waals surface area contributed by atoms with Crippen LogP contribution in [0.5, 0.6) is 0 Å². The minimum absolute atomic E-state index is 0.121. The molecule has 0 spiro atoms. The van der Waals surface area contributed by atoms with Gasteiger partial charge in [-0.2, -0.15) is 5.10 Å². The molecule has 0 aliphatic heterocycles. The van der Waals surface area contributed by atoms with Crippen LogP contribution in [-0.2, 0) is 0 Å². The largest absolute Gasteiger partial charge is 0.476 e. The summed E-state index contributed by atoms with van der Waals surface area (Å²) in [6.07, 6.45) is 2.25. The maximum atomic E-state index is 11.0. The lowest BCUT2D eigenvalue weighted by molar-refractivity contribution is 0.0690. The number of para-hydroxylation sites is 1. The zero-order chi connectivity index (χ0) is 11.8. The molecule has 0 saturated heterocycles. The number of aromatic nitrogens is 2. The second-order valence-electron chi connectivity index (χ2n) is 4.28. The normalized spacial score (nSPS) is 14.8. The molecule has 1 N–H and O–H groups in total. The summed E-state index contributed by atoms with van der Waals surface area (Å²) in [5.41, 5.74) is 2.05. The minimum atomic E-state index is -0.971. The van der Waals surface area contributed by atoms with Crippen LogP contribution in [0.4, 0.5) is 0 Å². The van der Waals surface area contributed by atoms with E-state index >= 15 is 0 Å². The lowest BCUT2D eigenvalue weighted by Gasteiger charge is -2.05. The first-order chi connectivity index (χ1) is 8.25. The van der Waals surface area contributed by atoms with E-state index in [1.54, 1.807) is 10.7 Å². The van der Waals surface area contributed by atoms with Gasteiger partial charge in [0.05, 0.1) is 5.69 Å². The van der Waals surface area contributed by atoms with Gasteiger partial charge >= 0.3 is 5.97 Å². The Morgan fingerprint density at radius 1 is 1.29 bits per heavy atom. The van der Waals surface area contributed by atoms with E-state index in [2.05, 4.69) is 5.10 Å². The monoisotopic (exact) mass is 228 g/mol. The Morgan fingerprint density at radius 2 is 2.00 bits per heavy atom. The molecule has 0 radical (unpaired) electrons. The molecule has 1 aromatic heterocycles. The molecule has 0 unspecified atom stereocenters. The summed E-state index contributed by atoms with van der Waals surface area (Å²) < 4.78 is 1.75. The second-order valence-corrected chi connectivity index (χ2v) is 4.28. The van der Waals surface area contributed by atoms with Gasteiger partial charge in [-0.15, -0.1) is 0 Å². The fourth-order valence-corrected chi connectivity index (χ4v) is 1.95. The van der Waals surface area contributed by atoms with Crippen molar-refractivity contribution in [3.63, 3.8) is 0 Å².